The first kappa shape index (κ1) is 11.4. The van der Waals surface area contributed by atoms with Crippen LogP contribution >= 0.6 is 11.6 Å². The Morgan fingerprint density at radius 1 is 1.50 bits per heavy atom. The van der Waals surface area contributed by atoms with Crippen molar-refractivity contribution in [2.24, 2.45) is 11.7 Å². The molecule has 0 aliphatic rings. The molecule has 0 bridgehead atoms. The number of H-pyrrole nitrogens is 1. The van der Waals surface area contributed by atoms with Crippen LogP contribution in [0.2, 0.25) is 5.02 Å². The van der Waals surface area contributed by atoms with Gasteiger partial charge in [0.05, 0.1) is 11.0 Å². The Morgan fingerprint density at radius 3 is 2.94 bits per heavy atom. The number of hydrogen-bond donors (Lipinski definition) is 2. The molecule has 1 heterocycles. The summed E-state index contributed by atoms with van der Waals surface area (Å²) in [6.45, 7) is 4.74. The van der Waals surface area contributed by atoms with Gasteiger partial charge in [-0.2, -0.15) is 0 Å². The fraction of sp³-hybridized carbons (Fsp3) is 0.417. The zero-order chi connectivity index (χ0) is 11.7. The summed E-state index contributed by atoms with van der Waals surface area (Å²) in [7, 11) is 0. The highest BCUT2D eigenvalue weighted by Gasteiger charge is 2.09. The summed E-state index contributed by atoms with van der Waals surface area (Å²) in [6.07, 6.45) is 0.906. The summed E-state index contributed by atoms with van der Waals surface area (Å²) in [5.74, 6) is 1.36. The molecular formula is C12H16ClN3. The molecule has 86 valence electrons. The molecule has 1 aromatic carbocycles. The summed E-state index contributed by atoms with van der Waals surface area (Å²) >= 11 is 6.22. The third-order valence-electron chi connectivity index (χ3n) is 2.74. The standard InChI is InChI=1S/C12H16ClN3/c1-7(6-14)3-9-4-11-12(5-10(9)13)16-8(2)15-11/h4-5,7H,3,6,14H2,1-2H3,(H,15,16). The van der Waals surface area contributed by atoms with Crippen LogP contribution in [0.1, 0.15) is 18.3 Å². The van der Waals surface area contributed by atoms with Crippen LogP contribution in [0.5, 0.6) is 0 Å². The molecule has 2 aromatic rings. The number of benzene rings is 1. The molecule has 0 aliphatic heterocycles. The summed E-state index contributed by atoms with van der Waals surface area (Å²) in [5.41, 5.74) is 8.72. The van der Waals surface area contributed by atoms with E-state index in [2.05, 4.69) is 23.0 Å². The van der Waals surface area contributed by atoms with Crippen LogP contribution in [0.15, 0.2) is 12.1 Å². The zero-order valence-corrected chi connectivity index (χ0v) is 10.3. The average molecular weight is 238 g/mol. The van der Waals surface area contributed by atoms with Gasteiger partial charge >= 0.3 is 0 Å². The van der Waals surface area contributed by atoms with Crippen LogP contribution in [0.3, 0.4) is 0 Å². The second-order valence-electron chi connectivity index (χ2n) is 4.33. The fourth-order valence-electron chi connectivity index (χ4n) is 1.82. The van der Waals surface area contributed by atoms with Gasteiger partial charge in [-0.15, -0.1) is 0 Å². The first-order chi connectivity index (χ1) is 7.60. The molecule has 0 fully saturated rings. The molecule has 16 heavy (non-hydrogen) atoms. The Hall–Kier alpha value is -1.06. The van der Waals surface area contributed by atoms with E-state index in [0.717, 1.165) is 33.9 Å². The van der Waals surface area contributed by atoms with Crippen LogP contribution in [0.4, 0.5) is 0 Å². The van der Waals surface area contributed by atoms with Crippen molar-refractivity contribution >= 4 is 22.6 Å². The van der Waals surface area contributed by atoms with E-state index in [4.69, 9.17) is 17.3 Å². The van der Waals surface area contributed by atoms with Gasteiger partial charge in [-0.3, -0.25) is 0 Å². The van der Waals surface area contributed by atoms with Gasteiger partial charge in [0.1, 0.15) is 5.82 Å². The second kappa shape index (κ2) is 4.44. The number of halogens is 1. The predicted molar refractivity (Wildman–Crippen MR) is 67.8 cm³/mol. The molecule has 0 amide bonds. The van der Waals surface area contributed by atoms with E-state index in [1.807, 2.05) is 13.0 Å². The molecule has 0 radical (unpaired) electrons. The third-order valence-corrected chi connectivity index (χ3v) is 3.09. The average Bonchev–Trinajstić information content (AvgIpc) is 2.58. The van der Waals surface area contributed by atoms with Gasteiger partial charge in [-0.25, -0.2) is 4.98 Å². The Balaban J connectivity index is 2.41. The van der Waals surface area contributed by atoms with E-state index in [1.54, 1.807) is 0 Å². The number of aromatic nitrogens is 2. The van der Waals surface area contributed by atoms with Crippen molar-refractivity contribution in [3.05, 3.63) is 28.5 Å². The molecule has 1 aromatic heterocycles. The van der Waals surface area contributed by atoms with E-state index in [0.29, 0.717) is 12.5 Å². The van der Waals surface area contributed by atoms with Crippen molar-refractivity contribution in [3.8, 4) is 0 Å². The maximum Gasteiger partial charge on any atom is 0.104 e. The van der Waals surface area contributed by atoms with Crippen molar-refractivity contribution < 1.29 is 0 Å². The monoisotopic (exact) mass is 237 g/mol. The van der Waals surface area contributed by atoms with Crippen molar-refractivity contribution in [2.75, 3.05) is 6.54 Å². The number of rotatable bonds is 3. The molecule has 0 saturated heterocycles. The lowest BCUT2D eigenvalue weighted by atomic mass is 10.0. The summed E-state index contributed by atoms with van der Waals surface area (Å²) in [4.78, 5) is 7.57. The second-order valence-corrected chi connectivity index (χ2v) is 4.74. The molecule has 1 atom stereocenters. The SMILES string of the molecule is Cc1nc2cc(Cl)c(CC(C)CN)cc2[nH]1. The van der Waals surface area contributed by atoms with Gasteiger partial charge in [0.15, 0.2) is 0 Å². The minimum absolute atomic E-state index is 0.443. The van der Waals surface area contributed by atoms with Crippen LogP contribution in [0, 0.1) is 12.8 Å². The van der Waals surface area contributed by atoms with Gasteiger partial charge in [-0.05, 0) is 43.5 Å². The largest absolute Gasteiger partial charge is 0.342 e. The van der Waals surface area contributed by atoms with Crippen LogP contribution < -0.4 is 5.73 Å². The highest BCUT2D eigenvalue weighted by Crippen LogP contribution is 2.24. The Bertz CT molecular complexity index is 504. The number of hydrogen-bond acceptors (Lipinski definition) is 2. The number of aromatic amines is 1. The first-order valence-corrected chi connectivity index (χ1v) is 5.82. The highest BCUT2D eigenvalue weighted by molar-refractivity contribution is 6.32. The van der Waals surface area contributed by atoms with Crippen LogP contribution in [-0.2, 0) is 6.42 Å². The molecule has 4 heteroatoms. The Morgan fingerprint density at radius 2 is 2.25 bits per heavy atom. The molecule has 0 spiro atoms. The molecule has 0 saturated carbocycles. The van der Waals surface area contributed by atoms with E-state index in [9.17, 15) is 0 Å². The van der Waals surface area contributed by atoms with Crippen LogP contribution in [0.25, 0.3) is 11.0 Å². The van der Waals surface area contributed by atoms with Gasteiger partial charge < -0.3 is 10.7 Å². The number of imidazole rings is 1. The maximum atomic E-state index is 6.22. The predicted octanol–water partition coefficient (Wildman–Crippen LogP) is 2.66. The van der Waals surface area contributed by atoms with Crippen molar-refractivity contribution in [2.45, 2.75) is 20.3 Å². The molecule has 2 rings (SSSR count). The maximum absolute atomic E-state index is 6.22. The molecule has 0 aliphatic carbocycles. The lowest BCUT2D eigenvalue weighted by Crippen LogP contribution is -2.13. The zero-order valence-electron chi connectivity index (χ0n) is 9.55. The van der Waals surface area contributed by atoms with E-state index in [-0.39, 0.29) is 0 Å². The molecule has 3 N–H and O–H groups in total. The number of nitrogens with two attached hydrogens (primary N) is 1. The minimum atomic E-state index is 0.443. The number of fused-ring (bicyclic) bond motifs is 1. The number of aryl methyl sites for hydroxylation is 1. The van der Waals surface area contributed by atoms with Crippen LogP contribution in [-0.4, -0.2) is 16.5 Å². The van der Waals surface area contributed by atoms with Crippen molar-refractivity contribution in [1.82, 2.24) is 9.97 Å². The quantitative estimate of drug-likeness (QED) is 0.863. The van der Waals surface area contributed by atoms with Crippen molar-refractivity contribution in [3.63, 3.8) is 0 Å². The summed E-state index contributed by atoms with van der Waals surface area (Å²) in [5, 5.41) is 0.777. The topological polar surface area (TPSA) is 54.7 Å². The Kier molecular flexibility index (Phi) is 3.17. The number of nitrogens with zero attached hydrogens (tertiary/aromatic N) is 1. The smallest absolute Gasteiger partial charge is 0.104 e. The summed E-state index contributed by atoms with van der Waals surface area (Å²) < 4.78 is 0. The summed E-state index contributed by atoms with van der Waals surface area (Å²) in [6, 6.07) is 3.99. The van der Waals surface area contributed by atoms with E-state index in [1.165, 1.54) is 0 Å². The minimum Gasteiger partial charge on any atom is -0.342 e. The normalized spacial score (nSPS) is 13.2. The van der Waals surface area contributed by atoms with E-state index >= 15 is 0 Å². The van der Waals surface area contributed by atoms with Crippen molar-refractivity contribution in [1.29, 1.82) is 0 Å². The lowest BCUT2D eigenvalue weighted by Gasteiger charge is -2.09. The highest BCUT2D eigenvalue weighted by atomic mass is 35.5. The lowest BCUT2D eigenvalue weighted by molar-refractivity contribution is 0.593. The van der Waals surface area contributed by atoms with Gasteiger partial charge in [0.25, 0.3) is 0 Å². The number of nitrogens with one attached hydrogen (secondary N) is 1. The van der Waals surface area contributed by atoms with Gasteiger partial charge in [0, 0.05) is 5.02 Å². The fourth-order valence-corrected chi connectivity index (χ4v) is 2.05. The van der Waals surface area contributed by atoms with Gasteiger partial charge in [-0.1, -0.05) is 18.5 Å². The third kappa shape index (κ3) is 2.20. The molecular weight excluding hydrogens is 222 g/mol. The van der Waals surface area contributed by atoms with E-state index < -0.39 is 0 Å². The molecule has 3 nitrogen and oxygen atoms in total. The first-order valence-electron chi connectivity index (χ1n) is 5.45. The Labute approximate surface area is 100 Å². The van der Waals surface area contributed by atoms with Gasteiger partial charge in [0.2, 0.25) is 0 Å². The molecule has 1 unspecified atom stereocenters.